The lowest BCUT2D eigenvalue weighted by atomic mass is 10.2. The maximum Gasteiger partial charge on any atom is 0.273 e. The molecular weight excluding hydrogens is 333 g/mol. The van der Waals surface area contributed by atoms with Gasteiger partial charge in [-0.1, -0.05) is 52.0 Å². The van der Waals surface area contributed by atoms with Gasteiger partial charge < -0.3 is 0 Å². The number of rotatable bonds is 1. The maximum atomic E-state index is 12.4. The molecule has 0 N–H and O–H groups in total. The molecule has 0 aliphatic carbocycles. The minimum absolute atomic E-state index is 0.194. The van der Waals surface area contributed by atoms with Gasteiger partial charge in [0.1, 0.15) is 0 Å². The number of hydrogen-bond donors (Lipinski definition) is 0. The third-order valence-corrected chi connectivity index (χ3v) is 3.72. The summed E-state index contributed by atoms with van der Waals surface area (Å²) in [5.41, 5.74) is 0.253. The summed E-state index contributed by atoms with van der Waals surface area (Å²) in [6, 6.07) is 6.93. The monoisotopic (exact) mass is 335 g/mol. The number of para-hydroxylation sites is 1. The van der Waals surface area contributed by atoms with Crippen LogP contribution in [0, 0.1) is 0 Å². The van der Waals surface area contributed by atoms with Gasteiger partial charge in [-0.15, -0.1) is 0 Å². The molecule has 0 saturated carbocycles. The molecule has 0 saturated heterocycles. The second-order valence-electron chi connectivity index (χ2n) is 3.54. The molecule has 0 fully saturated rings. The zero-order valence-corrected chi connectivity index (χ0v) is 12.1. The van der Waals surface area contributed by atoms with Gasteiger partial charge in [0.05, 0.1) is 10.9 Å². The molecule has 6 nitrogen and oxygen atoms in total. The van der Waals surface area contributed by atoms with E-state index in [9.17, 15) is 4.79 Å². The summed E-state index contributed by atoms with van der Waals surface area (Å²) in [4.78, 5) is 12.4. The van der Waals surface area contributed by atoms with Crippen molar-refractivity contribution in [2.45, 2.75) is 3.12 Å². The molecule has 0 spiro atoms. The quantitative estimate of drug-likeness (QED) is 0.638. The smallest absolute Gasteiger partial charge is 0.268 e. The van der Waals surface area contributed by atoms with E-state index in [2.05, 4.69) is 15.5 Å². The van der Waals surface area contributed by atoms with Gasteiger partial charge in [-0.25, -0.2) is 3.97 Å². The van der Waals surface area contributed by atoms with Gasteiger partial charge in [0.2, 0.25) is 0 Å². The van der Waals surface area contributed by atoms with Gasteiger partial charge in [0.25, 0.3) is 14.5 Å². The molecule has 0 aliphatic heterocycles. The normalized spacial score (nSPS) is 12.4. The topological polar surface area (TPSA) is 65.1 Å². The molecule has 0 amide bonds. The molecule has 0 aliphatic rings. The van der Waals surface area contributed by atoms with Gasteiger partial charge in [-0.3, -0.25) is 4.79 Å². The van der Waals surface area contributed by atoms with Crippen LogP contribution >= 0.6 is 46.8 Å². The first-order valence-corrected chi connectivity index (χ1v) is 6.86. The second-order valence-corrected chi connectivity index (χ2v) is 7.66. The number of alkyl halides is 3. The third kappa shape index (κ3) is 2.27. The largest absolute Gasteiger partial charge is 0.273 e. The first-order chi connectivity index (χ1) is 8.97. The summed E-state index contributed by atoms with van der Waals surface area (Å²) >= 11 is 17.9. The number of aromatic nitrogens is 5. The number of hydrogen-bond acceptors (Lipinski definition) is 5. The summed E-state index contributed by atoms with van der Waals surface area (Å²) in [7, 11) is 0. The average Bonchev–Trinajstić information content (AvgIpc) is 2.82. The molecule has 3 rings (SSSR count). The molecule has 2 heterocycles. The van der Waals surface area contributed by atoms with E-state index in [1.165, 1.54) is 4.52 Å². The van der Waals surface area contributed by atoms with Crippen molar-refractivity contribution >= 4 is 63.4 Å². The number of nitrogens with zero attached hydrogens (tertiary/aromatic N) is 5. The van der Waals surface area contributed by atoms with Crippen molar-refractivity contribution in [1.82, 2.24) is 24.0 Å². The molecule has 0 radical (unpaired) electrons. The molecule has 0 atom stereocenters. The highest BCUT2D eigenvalue weighted by molar-refractivity contribution is 8.03. The molecule has 0 bridgehead atoms. The first kappa shape index (κ1) is 13.0. The zero-order valence-electron chi connectivity index (χ0n) is 9.00. The minimum Gasteiger partial charge on any atom is -0.268 e. The fourth-order valence-electron chi connectivity index (χ4n) is 1.69. The van der Waals surface area contributed by atoms with Crippen LogP contribution < -0.4 is 5.56 Å². The summed E-state index contributed by atoms with van der Waals surface area (Å²) in [6.45, 7) is 0. The molecule has 1 aromatic carbocycles. The van der Waals surface area contributed by atoms with Crippen molar-refractivity contribution in [3.05, 3.63) is 34.6 Å². The molecule has 2 aromatic heterocycles. The Kier molecular flexibility index (Phi) is 3.09. The summed E-state index contributed by atoms with van der Waals surface area (Å²) in [5, 5.41) is 11.6. The third-order valence-electron chi connectivity index (χ3n) is 2.38. The van der Waals surface area contributed by atoms with Crippen LogP contribution in [0.5, 0.6) is 0 Å². The van der Waals surface area contributed by atoms with E-state index in [1.807, 2.05) is 0 Å². The zero-order chi connectivity index (χ0) is 13.6. The van der Waals surface area contributed by atoms with Crippen molar-refractivity contribution in [3.8, 4) is 0 Å². The lowest BCUT2D eigenvalue weighted by Crippen LogP contribution is -2.21. The molecule has 98 valence electrons. The Hall–Kier alpha value is -1.02. The fourth-order valence-corrected chi connectivity index (χ4v) is 2.89. The van der Waals surface area contributed by atoms with Crippen LogP contribution in [0.4, 0.5) is 0 Å². The highest BCUT2D eigenvalue weighted by Crippen LogP contribution is 2.39. The SMILES string of the molecule is O=c1c2ccccc2n2nnnc2n1SC(Cl)(Cl)Cl. The average molecular weight is 337 g/mol. The lowest BCUT2D eigenvalue weighted by molar-refractivity contribution is 0.839. The number of benzene rings is 1. The van der Waals surface area contributed by atoms with E-state index in [1.54, 1.807) is 24.3 Å². The van der Waals surface area contributed by atoms with Crippen LogP contribution in [0.25, 0.3) is 16.7 Å². The molecular formula is C9H4Cl3N5OS. The van der Waals surface area contributed by atoms with Crippen LogP contribution in [0.1, 0.15) is 0 Å². The van der Waals surface area contributed by atoms with Crippen molar-refractivity contribution in [2.24, 2.45) is 0 Å². The minimum atomic E-state index is -1.70. The van der Waals surface area contributed by atoms with E-state index in [0.29, 0.717) is 22.9 Å². The van der Waals surface area contributed by atoms with E-state index < -0.39 is 3.12 Å². The highest BCUT2D eigenvalue weighted by Gasteiger charge is 2.26. The summed E-state index contributed by atoms with van der Waals surface area (Å²) < 4.78 is 0.883. The van der Waals surface area contributed by atoms with Crippen LogP contribution in [-0.2, 0) is 0 Å². The molecule has 0 unspecified atom stereocenters. The predicted octanol–water partition coefficient (Wildman–Crippen LogP) is 2.26. The number of fused-ring (bicyclic) bond motifs is 3. The van der Waals surface area contributed by atoms with Gasteiger partial charge in [-0.2, -0.15) is 4.52 Å². The highest BCUT2D eigenvalue weighted by atomic mass is 35.6. The standard InChI is InChI=1S/C9H4Cl3N5OS/c10-9(11,12)19-17-7(18)5-3-1-2-4-6(5)16-8(17)13-14-15-16/h1-4H. The summed E-state index contributed by atoms with van der Waals surface area (Å²) in [5.74, 6) is 0.194. The number of halogens is 3. The maximum absolute atomic E-state index is 12.4. The van der Waals surface area contributed by atoms with E-state index in [4.69, 9.17) is 34.8 Å². The Bertz CT molecular complexity index is 824. The van der Waals surface area contributed by atoms with Crippen molar-refractivity contribution in [1.29, 1.82) is 0 Å². The van der Waals surface area contributed by atoms with Crippen molar-refractivity contribution < 1.29 is 0 Å². The molecule has 10 heteroatoms. The fraction of sp³-hybridized carbons (Fsp3) is 0.111. The Morgan fingerprint density at radius 1 is 1.21 bits per heavy atom. The van der Waals surface area contributed by atoms with E-state index >= 15 is 0 Å². The van der Waals surface area contributed by atoms with Crippen molar-refractivity contribution in [2.75, 3.05) is 0 Å². The Morgan fingerprint density at radius 3 is 2.68 bits per heavy atom. The van der Waals surface area contributed by atoms with Crippen LogP contribution in [0.2, 0.25) is 0 Å². The lowest BCUT2D eigenvalue weighted by Gasteiger charge is -2.12. The van der Waals surface area contributed by atoms with E-state index in [0.717, 1.165) is 3.97 Å². The second kappa shape index (κ2) is 4.52. The molecule has 3 aromatic rings. The number of tetrazole rings is 1. The summed E-state index contributed by atoms with van der Waals surface area (Å²) in [6.07, 6.45) is 0. The first-order valence-electron chi connectivity index (χ1n) is 4.95. The van der Waals surface area contributed by atoms with Gasteiger partial charge in [-0.05, 0) is 22.6 Å². The predicted molar refractivity (Wildman–Crippen MR) is 75.8 cm³/mol. The molecule has 19 heavy (non-hydrogen) atoms. The van der Waals surface area contributed by atoms with Crippen LogP contribution in [-0.4, -0.2) is 27.1 Å². The van der Waals surface area contributed by atoms with Gasteiger partial charge >= 0.3 is 0 Å². The van der Waals surface area contributed by atoms with Gasteiger partial charge in [0, 0.05) is 11.9 Å². The van der Waals surface area contributed by atoms with Crippen LogP contribution in [0.3, 0.4) is 0 Å². The van der Waals surface area contributed by atoms with E-state index in [-0.39, 0.29) is 11.3 Å². The van der Waals surface area contributed by atoms with Gasteiger partial charge in [0.15, 0.2) is 0 Å². The Balaban J connectivity index is 2.45. The Labute approximate surface area is 125 Å². The Morgan fingerprint density at radius 2 is 1.95 bits per heavy atom. The van der Waals surface area contributed by atoms with Crippen molar-refractivity contribution in [3.63, 3.8) is 0 Å². The van der Waals surface area contributed by atoms with Crippen LogP contribution in [0.15, 0.2) is 29.1 Å².